The Morgan fingerprint density at radius 3 is 2.38 bits per heavy atom. The quantitative estimate of drug-likeness (QED) is 0.708. The standard InChI is InChI=1S/C18H22ClNO3.ClH/c1-21-15-6-4-5-13(9-15)12-20-8-7-14-10-18(23-3)16(19)11-17(14)22-2;/h4-6,9-11,20H,7-8,12H2,1-3H3;1H. The lowest BCUT2D eigenvalue weighted by molar-refractivity contribution is 0.398. The van der Waals surface area contributed by atoms with Crippen LogP contribution >= 0.6 is 24.0 Å². The second kappa shape index (κ2) is 10.3. The fourth-order valence-corrected chi connectivity index (χ4v) is 2.59. The summed E-state index contributed by atoms with van der Waals surface area (Å²) in [6.45, 7) is 1.60. The summed E-state index contributed by atoms with van der Waals surface area (Å²) in [6.07, 6.45) is 0.820. The molecule has 0 radical (unpaired) electrons. The normalized spacial score (nSPS) is 10.0. The molecule has 24 heavy (non-hydrogen) atoms. The first-order valence-corrected chi connectivity index (χ1v) is 7.79. The highest BCUT2D eigenvalue weighted by molar-refractivity contribution is 6.32. The average molecular weight is 372 g/mol. The maximum atomic E-state index is 6.12. The lowest BCUT2D eigenvalue weighted by Gasteiger charge is -2.12. The van der Waals surface area contributed by atoms with Crippen molar-refractivity contribution in [1.82, 2.24) is 5.32 Å². The highest BCUT2D eigenvalue weighted by Crippen LogP contribution is 2.32. The zero-order valence-corrected chi connectivity index (χ0v) is 15.7. The van der Waals surface area contributed by atoms with Crippen LogP contribution in [0.4, 0.5) is 0 Å². The highest BCUT2D eigenvalue weighted by Gasteiger charge is 2.09. The minimum atomic E-state index is 0. The van der Waals surface area contributed by atoms with Gasteiger partial charge in [0.1, 0.15) is 17.2 Å². The first kappa shape index (κ1) is 20.4. The zero-order valence-electron chi connectivity index (χ0n) is 14.1. The molecule has 0 unspecified atom stereocenters. The van der Waals surface area contributed by atoms with Crippen molar-refractivity contribution < 1.29 is 14.2 Å². The van der Waals surface area contributed by atoms with Gasteiger partial charge in [0.2, 0.25) is 0 Å². The molecule has 0 aliphatic rings. The first-order chi connectivity index (χ1) is 11.2. The van der Waals surface area contributed by atoms with Crippen LogP contribution in [-0.2, 0) is 13.0 Å². The SMILES string of the molecule is COc1cccc(CNCCc2cc(OC)c(Cl)cc2OC)c1.Cl. The van der Waals surface area contributed by atoms with Gasteiger partial charge in [-0.15, -0.1) is 12.4 Å². The van der Waals surface area contributed by atoms with Crippen molar-refractivity contribution in [3.8, 4) is 17.2 Å². The van der Waals surface area contributed by atoms with Crippen LogP contribution in [0.3, 0.4) is 0 Å². The Bertz CT molecular complexity index is 650. The summed E-state index contributed by atoms with van der Waals surface area (Å²) < 4.78 is 15.9. The van der Waals surface area contributed by atoms with E-state index in [0.29, 0.717) is 10.8 Å². The Morgan fingerprint density at radius 2 is 1.71 bits per heavy atom. The van der Waals surface area contributed by atoms with Crippen LogP contribution in [0.5, 0.6) is 17.2 Å². The number of hydrogen-bond acceptors (Lipinski definition) is 4. The molecule has 0 saturated carbocycles. The fourth-order valence-electron chi connectivity index (χ4n) is 2.36. The van der Waals surface area contributed by atoms with Gasteiger partial charge in [0, 0.05) is 12.6 Å². The molecule has 0 atom stereocenters. The van der Waals surface area contributed by atoms with E-state index in [2.05, 4.69) is 11.4 Å². The van der Waals surface area contributed by atoms with Crippen molar-refractivity contribution in [3.63, 3.8) is 0 Å². The molecule has 0 aliphatic carbocycles. The maximum Gasteiger partial charge on any atom is 0.137 e. The van der Waals surface area contributed by atoms with Crippen LogP contribution in [0.25, 0.3) is 0 Å². The summed E-state index contributed by atoms with van der Waals surface area (Å²) in [7, 11) is 4.93. The number of hydrogen-bond donors (Lipinski definition) is 1. The molecule has 0 saturated heterocycles. The topological polar surface area (TPSA) is 39.7 Å². The van der Waals surface area contributed by atoms with E-state index in [9.17, 15) is 0 Å². The van der Waals surface area contributed by atoms with Crippen LogP contribution in [0, 0.1) is 0 Å². The Morgan fingerprint density at radius 1 is 0.958 bits per heavy atom. The van der Waals surface area contributed by atoms with Gasteiger partial charge in [-0.1, -0.05) is 23.7 Å². The largest absolute Gasteiger partial charge is 0.497 e. The highest BCUT2D eigenvalue weighted by atomic mass is 35.5. The third-order valence-electron chi connectivity index (χ3n) is 3.59. The molecule has 0 spiro atoms. The Kier molecular flexibility index (Phi) is 8.76. The number of benzene rings is 2. The molecule has 0 bridgehead atoms. The Labute approximate surface area is 154 Å². The maximum absolute atomic E-state index is 6.12. The smallest absolute Gasteiger partial charge is 0.137 e. The van der Waals surface area contributed by atoms with Crippen LogP contribution in [-0.4, -0.2) is 27.9 Å². The van der Waals surface area contributed by atoms with Gasteiger partial charge in [0.15, 0.2) is 0 Å². The molecule has 4 nitrogen and oxygen atoms in total. The minimum Gasteiger partial charge on any atom is -0.497 e. The molecule has 0 fully saturated rings. The number of rotatable bonds is 8. The van der Waals surface area contributed by atoms with Crippen molar-refractivity contribution in [2.45, 2.75) is 13.0 Å². The van der Waals surface area contributed by atoms with Gasteiger partial charge in [-0.2, -0.15) is 0 Å². The lowest BCUT2D eigenvalue weighted by atomic mass is 10.1. The Balaban J connectivity index is 0.00000288. The van der Waals surface area contributed by atoms with Crippen molar-refractivity contribution in [2.24, 2.45) is 0 Å². The number of methoxy groups -OCH3 is 3. The molecule has 0 aliphatic heterocycles. The van der Waals surface area contributed by atoms with E-state index in [-0.39, 0.29) is 12.4 Å². The van der Waals surface area contributed by atoms with E-state index >= 15 is 0 Å². The van der Waals surface area contributed by atoms with Gasteiger partial charge in [0.05, 0.1) is 26.4 Å². The van der Waals surface area contributed by atoms with Gasteiger partial charge in [-0.25, -0.2) is 0 Å². The van der Waals surface area contributed by atoms with Gasteiger partial charge >= 0.3 is 0 Å². The van der Waals surface area contributed by atoms with E-state index < -0.39 is 0 Å². The van der Waals surface area contributed by atoms with Crippen molar-refractivity contribution in [2.75, 3.05) is 27.9 Å². The summed E-state index contributed by atoms with van der Waals surface area (Å²) in [5.41, 5.74) is 2.25. The predicted octanol–water partition coefficient (Wildman–Crippen LogP) is 4.12. The fraction of sp³-hybridized carbons (Fsp3) is 0.333. The van der Waals surface area contributed by atoms with Crippen molar-refractivity contribution >= 4 is 24.0 Å². The number of nitrogens with one attached hydrogen (secondary N) is 1. The first-order valence-electron chi connectivity index (χ1n) is 7.42. The molecular weight excluding hydrogens is 349 g/mol. The van der Waals surface area contributed by atoms with Crippen molar-refractivity contribution in [3.05, 3.63) is 52.5 Å². The van der Waals surface area contributed by atoms with Gasteiger partial charge in [-0.3, -0.25) is 0 Å². The molecule has 2 rings (SSSR count). The van der Waals surface area contributed by atoms with Gasteiger partial charge < -0.3 is 19.5 Å². The summed E-state index contributed by atoms with van der Waals surface area (Å²) >= 11 is 6.12. The molecule has 2 aromatic rings. The summed E-state index contributed by atoms with van der Waals surface area (Å²) in [5, 5.41) is 3.97. The van der Waals surface area contributed by atoms with Gasteiger partial charge in [-0.05, 0) is 42.3 Å². The van der Waals surface area contributed by atoms with Crippen LogP contribution in [0.2, 0.25) is 5.02 Å². The Hall–Kier alpha value is -1.62. The zero-order chi connectivity index (χ0) is 16.7. The number of ether oxygens (including phenoxy) is 3. The third-order valence-corrected chi connectivity index (χ3v) is 3.88. The summed E-state index contributed by atoms with van der Waals surface area (Å²) in [5.74, 6) is 2.31. The van der Waals surface area contributed by atoms with E-state index in [1.54, 1.807) is 27.4 Å². The molecule has 6 heteroatoms. The molecule has 132 valence electrons. The molecule has 0 aromatic heterocycles. The predicted molar refractivity (Wildman–Crippen MR) is 100 cm³/mol. The second-order valence-corrected chi connectivity index (χ2v) is 5.48. The monoisotopic (exact) mass is 371 g/mol. The third kappa shape index (κ3) is 5.48. The minimum absolute atomic E-state index is 0. The lowest BCUT2D eigenvalue weighted by Crippen LogP contribution is -2.17. The van der Waals surface area contributed by atoms with E-state index in [0.717, 1.165) is 36.6 Å². The summed E-state index contributed by atoms with van der Waals surface area (Å²) in [6, 6.07) is 11.7. The van der Waals surface area contributed by atoms with Crippen molar-refractivity contribution in [1.29, 1.82) is 0 Å². The van der Waals surface area contributed by atoms with Crippen LogP contribution in [0.15, 0.2) is 36.4 Å². The van der Waals surface area contributed by atoms with Crippen LogP contribution < -0.4 is 19.5 Å². The van der Waals surface area contributed by atoms with Crippen LogP contribution in [0.1, 0.15) is 11.1 Å². The molecule has 0 amide bonds. The molecular formula is C18H23Cl2NO3. The average Bonchev–Trinajstić information content (AvgIpc) is 2.59. The molecule has 1 N–H and O–H groups in total. The molecule has 0 heterocycles. The van der Waals surface area contributed by atoms with E-state index in [4.69, 9.17) is 25.8 Å². The molecule has 2 aromatic carbocycles. The van der Waals surface area contributed by atoms with Gasteiger partial charge in [0.25, 0.3) is 0 Å². The van der Waals surface area contributed by atoms with E-state index in [1.165, 1.54) is 5.56 Å². The number of halogens is 2. The summed E-state index contributed by atoms with van der Waals surface area (Å²) in [4.78, 5) is 0. The second-order valence-electron chi connectivity index (χ2n) is 5.08. The van der Waals surface area contributed by atoms with E-state index in [1.807, 2.05) is 24.3 Å².